The molecule has 4 rings (SSSR count). The third-order valence-electron chi connectivity index (χ3n) is 3.74. The molecule has 2 aromatic carbocycles. The van der Waals surface area contributed by atoms with Crippen molar-refractivity contribution >= 4 is 46.3 Å². The zero-order valence-corrected chi connectivity index (χ0v) is 17.4. The van der Waals surface area contributed by atoms with Gasteiger partial charge in [0.2, 0.25) is 11.1 Å². The number of aromatic amines is 1. The van der Waals surface area contributed by atoms with E-state index in [0.717, 1.165) is 4.88 Å². The zero-order valence-electron chi connectivity index (χ0n) is 15.0. The van der Waals surface area contributed by atoms with E-state index in [1.54, 1.807) is 29.5 Å². The first-order chi connectivity index (χ1) is 14.2. The summed E-state index contributed by atoms with van der Waals surface area (Å²) >= 11 is 8.91. The first-order valence-electron chi connectivity index (χ1n) is 8.59. The minimum atomic E-state index is -0.211. The van der Waals surface area contributed by atoms with Crippen LogP contribution in [-0.4, -0.2) is 26.8 Å². The predicted octanol–water partition coefficient (Wildman–Crippen LogP) is 5.71. The lowest BCUT2D eigenvalue weighted by molar-refractivity contribution is -0.113. The summed E-state index contributed by atoms with van der Waals surface area (Å²) in [6.07, 6.45) is 0. The fourth-order valence-electron chi connectivity index (χ4n) is 2.46. The van der Waals surface area contributed by atoms with E-state index in [0.29, 0.717) is 33.2 Å². The number of nitrogens with one attached hydrogen (secondary N) is 2. The van der Waals surface area contributed by atoms with E-state index in [9.17, 15) is 4.79 Å². The van der Waals surface area contributed by atoms with Gasteiger partial charge in [0.1, 0.15) is 5.75 Å². The number of H-pyrrole nitrogens is 1. The Hall–Kier alpha value is -2.81. The number of para-hydroxylation sites is 1. The molecule has 0 atom stereocenters. The number of amides is 1. The predicted molar refractivity (Wildman–Crippen MR) is 117 cm³/mol. The SMILES string of the molecule is O=C(CSc1n[nH]c(-c2cccs2)n1)Nc1cc(Cl)ccc1Oc1ccccc1. The summed E-state index contributed by atoms with van der Waals surface area (Å²) in [6, 6.07) is 18.3. The van der Waals surface area contributed by atoms with Crippen LogP contribution in [0.25, 0.3) is 10.7 Å². The molecular weight excluding hydrogens is 428 g/mol. The van der Waals surface area contributed by atoms with Gasteiger partial charge in [0.25, 0.3) is 0 Å². The van der Waals surface area contributed by atoms with Crippen molar-refractivity contribution in [3.63, 3.8) is 0 Å². The molecule has 6 nitrogen and oxygen atoms in total. The van der Waals surface area contributed by atoms with Gasteiger partial charge in [-0.2, -0.15) is 0 Å². The van der Waals surface area contributed by atoms with Gasteiger partial charge >= 0.3 is 0 Å². The maximum Gasteiger partial charge on any atom is 0.234 e. The number of thioether (sulfide) groups is 1. The van der Waals surface area contributed by atoms with Gasteiger partial charge < -0.3 is 10.1 Å². The van der Waals surface area contributed by atoms with E-state index < -0.39 is 0 Å². The summed E-state index contributed by atoms with van der Waals surface area (Å²) in [5.74, 6) is 1.81. The van der Waals surface area contributed by atoms with Crippen molar-refractivity contribution in [2.45, 2.75) is 5.16 Å². The van der Waals surface area contributed by atoms with Gasteiger partial charge in [-0.15, -0.1) is 16.4 Å². The zero-order chi connectivity index (χ0) is 20.1. The number of nitrogens with zero attached hydrogens (tertiary/aromatic N) is 2. The maximum absolute atomic E-state index is 12.4. The number of benzene rings is 2. The van der Waals surface area contributed by atoms with Gasteiger partial charge in [0.15, 0.2) is 11.6 Å². The summed E-state index contributed by atoms with van der Waals surface area (Å²) in [6.45, 7) is 0. The number of ether oxygens (including phenoxy) is 1. The topological polar surface area (TPSA) is 79.9 Å². The van der Waals surface area contributed by atoms with Crippen LogP contribution >= 0.6 is 34.7 Å². The largest absolute Gasteiger partial charge is 0.455 e. The molecule has 0 radical (unpaired) electrons. The first kappa shape index (κ1) is 19.5. The van der Waals surface area contributed by atoms with E-state index in [4.69, 9.17) is 16.3 Å². The Bertz CT molecular complexity index is 1100. The molecule has 0 aliphatic carbocycles. The lowest BCUT2D eigenvalue weighted by Gasteiger charge is -2.12. The number of carbonyl (C=O) groups excluding carboxylic acids is 1. The number of hydrogen-bond donors (Lipinski definition) is 2. The second-order valence-corrected chi connectivity index (χ2v) is 8.16. The lowest BCUT2D eigenvalue weighted by atomic mass is 10.3. The molecule has 1 amide bonds. The van der Waals surface area contributed by atoms with Crippen LogP contribution in [0.15, 0.2) is 71.2 Å². The van der Waals surface area contributed by atoms with Crippen molar-refractivity contribution < 1.29 is 9.53 Å². The highest BCUT2D eigenvalue weighted by Crippen LogP contribution is 2.32. The van der Waals surface area contributed by atoms with Crippen LogP contribution in [0.3, 0.4) is 0 Å². The van der Waals surface area contributed by atoms with Crippen LogP contribution in [0.2, 0.25) is 5.02 Å². The van der Waals surface area contributed by atoms with Gasteiger partial charge in [-0.25, -0.2) is 4.98 Å². The highest BCUT2D eigenvalue weighted by molar-refractivity contribution is 7.99. The molecular formula is C20H15ClN4O2S2. The fraction of sp³-hybridized carbons (Fsp3) is 0.0500. The monoisotopic (exact) mass is 442 g/mol. The molecule has 29 heavy (non-hydrogen) atoms. The molecule has 9 heteroatoms. The Kier molecular flexibility index (Phi) is 6.14. The normalized spacial score (nSPS) is 10.7. The molecule has 0 fully saturated rings. The molecule has 0 saturated carbocycles. The molecule has 2 heterocycles. The van der Waals surface area contributed by atoms with Crippen LogP contribution < -0.4 is 10.1 Å². The van der Waals surface area contributed by atoms with Crippen LogP contribution in [0, 0.1) is 0 Å². The number of thiophene rings is 1. The van der Waals surface area contributed by atoms with Crippen molar-refractivity contribution in [3.8, 4) is 22.2 Å². The number of aromatic nitrogens is 3. The minimum absolute atomic E-state index is 0.152. The van der Waals surface area contributed by atoms with Gasteiger partial charge in [-0.05, 0) is 41.8 Å². The standard InChI is InChI=1S/C20H15ClN4O2S2/c21-13-8-9-16(27-14-5-2-1-3-6-14)15(11-13)22-18(26)12-29-20-23-19(24-25-20)17-7-4-10-28-17/h1-11H,12H2,(H,22,26)(H,23,24,25). The Morgan fingerprint density at radius 2 is 2.03 bits per heavy atom. The van der Waals surface area contributed by atoms with E-state index >= 15 is 0 Å². The van der Waals surface area contributed by atoms with E-state index in [1.165, 1.54) is 11.8 Å². The third kappa shape index (κ3) is 5.17. The summed E-state index contributed by atoms with van der Waals surface area (Å²) in [4.78, 5) is 17.8. The highest BCUT2D eigenvalue weighted by atomic mass is 35.5. The Labute approximate surface area is 180 Å². The Balaban J connectivity index is 1.40. The van der Waals surface area contributed by atoms with Gasteiger partial charge in [-0.3, -0.25) is 9.89 Å². The molecule has 4 aromatic rings. The number of rotatable bonds is 7. The van der Waals surface area contributed by atoms with Gasteiger partial charge in [0, 0.05) is 5.02 Å². The minimum Gasteiger partial charge on any atom is -0.455 e. The Morgan fingerprint density at radius 3 is 2.83 bits per heavy atom. The fourth-order valence-corrected chi connectivity index (χ4v) is 3.89. The molecule has 0 unspecified atom stereocenters. The maximum atomic E-state index is 12.4. The lowest BCUT2D eigenvalue weighted by Crippen LogP contribution is -2.14. The molecule has 2 N–H and O–H groups in total. The molecule has 0 bridgehead atoms. The van der Waals surface area contributed by atoms with Crippen molar-refractivity contribution in [2.75, 3.05) is 11.1 Å². The number of halogens is 1. The van der Waals surface area contributed by atoms with E-state index in [1.807, 2.05) is 47.8 Å². The van der Waals surface area contributed by atoms with Crippen LogP contribution in [0.5, 0.6) is 11.5 Å². The molecule has 2 aromatic heterocycles. The van der Waals surface area contributed by atoms with Crippen molar-refractivity contribution in [1.29, 1.82) is 0 Å². The van der Waals surface area contributed by atoms with E-state index in [2.05, 4.69) is 20.5 Å². The van der Waals surface area contributed by atoms with Crippen molar-refractivity contribution in [2.24, 2.45) is 0 Å². The van der Waals surface area contributed by atoms with Crippen LogP contribution in [0.1, 0.15) is 0 Å². The first-order valence-corrected chi connectivity index (χ1v) is 10.8. The Morgan fingerprint density at radius 1 is 1.17 bits per heavy atom. The summed E-state index contributed by atoms with van der Waals surface area (Å²) < 4.78 is 5.86. The summed E-state index contributed by atoms with van der Waals surface area (Å²) in [5, 5.41) is 12.9. The molecule has 146 valence electrons. The quantitative estimate of drug-likeness (QED) is 0.358. The van der Waals surface area contributed by atoms with E-state index in [-0.39, 0.29) is 11.7 Å². The van der Waals surface area contributed by atoms with Crippen molar-refractivity contribution in [1.82, 2.24) is 15.2 Å². The van der Waals surface area contributed by atoms with Crippen LogP contribution in [0.4, 0.5) is 5.69 Å². The average molecular weight is 443 g/mol. The average Bonchev–Trinajstić information content (AvgIpc) is 3.41. The second kappa shape index (κ2) is 9.13. The molecule has 0 saturated heterocycles. The van der Waals surface area contributed by atoms with Crippen LogP contribution in [-0.2, 0) is 4.79 Å². The van der Waals surface area contributed by atoms with Gasteiger partial charge in [0.05, 0.1) is 16.3 Å². The molecule has 0 spiro atoms. The molecule has 0 aliphatic heterocycles. The number of hydrogen-bond acceptors (Lipinski definition) is 6. The third-order valence-corrected chi connectivity index (χ3v) is 5.70. The van der Waals surface area contributed by atoms with Crippen molar-refractivity contribution in [3.05, 3.63) is 71.1 Å². The number of carbonyl (C=O) groups is 1. The van der Waals surface area contributed by atoms with Gasteiger partial charge in [-0.1, -0.05) is 47.6 Å². The molecule has 0 aliphatic rings. The number of anilines is 1. The summed E-state index contributed by atoms with van der Waals surface area (Å²) in [7, 11) is 0. The second-order valence-electron chi connectivity index (χ2n) is 5.84. The smallest absolute Gasteiger partial charge is 0.234 e. The highest BCUT2D eigenvalue weighted by Gasteiger charge is 2.13. The summed E-state index contributed by atoms with van der Waals surface area (Å²) in [5.41, 5.74) is 0.501.